The van der Waals surface area contributed by atoms with Crippen LogP contribution in [0.1, 0.15) is 33.6 Å². The molecule has 0 saturated heterocycles. The molecule has 0 unspecified atom stereocenters. The SMILES string of the molecule is CC(=O)N/N=C/CCN.CC(C)C(=O)N/N=C/CCN. The van der Waals surface area contributed by atoms with Crippen LogP contribution in [-0.4, -0.2) is 37.3 Å². The second-order valence-electron chi connectivity index (χ2n) is 4.08. The van der Waals surface area contributed by atoms with Crippen LogP contribution in [-0.2, 0) is 9.59 Å². The third-order valence-electron chi connectivity index (χ3n) is 1.70. The average molecular weight is 286 g/mol. The van der Waals surface area contributed by atoms with E-state index in [0.29, 0.717) is 25.9 Å². The highest BCUT2D eigenvalue weighted by Crippen LogP contribution is 1.89. The second kappa shape index (κ2) is 15.3. The van der Waals surface area contributed by atoms with Gasteiger partial charge in [-0.15, -0.1) is 0 Å². The van der Waals surface area contributed by atoms with Gasteiger partial charge in [-0.3, -0.25) is 9.59 Å². The van der Waals surface area contributed by atoms with Crippen molar-refractivity contribution in [2.45, 2.75) is 33.6 Å². The fourth-order valence-electron chi connectivity index (χ4n) is 0.653. The van der Waals surface area contributed by atoms with Gasteiger partial charge in [0, 0.05) is 25.3 Å². The lowest BCUT2D eigenvalue weighted by Gasteiger charge is -2.00. The lowest BCUT2D eigenvalue weighted by Crippen LogP contribution is -2.22. The first-order valence-corrected chi connectivity index (χ1v) is 6.45. The zero-order valence-corrected chi connectivity index (χ0v) is 12.4. The molecule has 0 radical (unpaired) electrons. The molecule has 0 aliphatic carbocycles. The van der Waals surface area contributed by atoms with Crippen molar-refractivity contribution >= 4 is 24.2 Å². The van der Waals surface area contributed by atoms with Crippen LogP contribution in [0.15, 0.2) is 10.2 Å². The minimum Gasteiger partial charge on any atom is -0.330 e. The highest BCUT2D eigenvalue weighted by Gasteiger charge is 2.02. The maximum atomic E-state index is 10.8. The van der Waals surface area contributed by atoms with Crippen molar-refractivity contribution in [2.24, 2.45) is 27.6 Å². The van der Waals surface area contributed by atoms with Gasteiger partial charge >= 0.3 is 0 Å². The number of carbonyl (C=O) groups excluding carboxylic acids is 2. The van der Waals surface area contributed by atoms with E-state index in [9.17, 15) is 9.59 Å². The van der Waals surface area contributed by atoms with Crippen molar-refractivity contribution in [1.82, 2.24) is 10.9 Å². The number of nitrogens with two attached hydrogens (primary N) is 2. The van der Waals surface area contributed by atoms with E-state index in [1.54, 1.807) is 12.4 Å². The third kappa shape index (κ3) is 18.6. The van der Waals surface area contributed by atoms with E-state index in [1.807, 2.05) is 13.8 Å². The number of nitrogens with one attached hydrogen (secondary N) is 2. The summed E-state index contributed by atoms with van der Waals surface area (Å²) in [5.74, 6) is -0.258. The fourth-order valence-corrected chi connectivity index (χ4v) is 0.653. The molecule has 8 heteroatoms. The molecule has 0 atom stereocenters. The van der Waals surface area contributed by atoms with Crippen LogP contribution < -0.4 is 22.3 Å². The molecule has 2 amide bonds. The summed E-state index contributed by atoms with van der Waals surface area (Å²) in [6, 6.07) is 0. The number of hydrogen-bond acceptors (Lipinski definition) is 6. The topological polar surface area (TPSA) is 135 Å². The first kappa shape index (κ1) is 20.5. The number of rotatable bonds is 7. The summed E-state index contributed by atoms with van der Waals surface area (Å²) < 4.78 is 0. The zero-order chi connectivity index (χ0) is 15.8. The van der Waals surface area contributed by atoms with E-state index in [1.165, 1.54) is 6.92 Å². The Morgan fingerprint density at radius 2 is 1.50 bits per heavy atom. The summed E-state index contributed by atoms with van der Waals surface area (Å²) in [5, 5.41) is 7.23. The summed E-state index contributed by atoms with van der Waals surface area (Å²) in [5.41, 5.74) is 15.0. The van der Waals surface area contributed by atoms with Crippen LogP contribution in [0.5, 0.6) is 0 Å². The quantitative estimate of drug-likeness (QED) is 0.372. The highest BCUT2D eigenvalue weighted by molar-refractivity contribution is 5.78. The van der Waals surface area contributed by atoms with E-state index in [0.717, 1.165) is 0 Å². The Morgan fingerprint density at radius 3 is 1.85 bits per heavy atom. The Morgan fingerprint density at radius 1 is 1.05 bits per heavy atom. The molecule has 116 valence electrons. The minimum absolute atomic E-state index is 0.0231. The van der Waals surface area contributed by atoms with Gasteiger partial charge in [0.2, 0.25) is 11.8 Å². The van der Waals surface area contributed by atoms with Crippen molar-refractivity contribution in [1.29, 1.82) is 0 Å². The molecule has 0 spiro atoms. The Labute approximate surface area is 120 Å². The maximum absolute atomic E-state index is 10.8. The molecule has 0 saturated carbocycles. The lowest BCUT2D eigenvalue weighted by atomic mass is 10.2. The van der Waals surface area contributed by atoms with Crippen LogP contribution in [0.25, 0.3) is 0 Å². The van der Waals surface area contributed by atoms with Gasteiger partial charge < -0.3 is 11.5 Å². The molecule has 0 aromatic heterocycles. The number of nitrogens with zero attached hydrogens (tertiary/aromatic N) is 2. The number of hydrogen-bond donors (Lipinski definition) is 4. The van der Waals surface area contributed by atoms with Gasteiger partial charge in [-0.2, -0.15) is 10.2 Å². The van der Waals surface area contributed by atoms with Gasteiger partial charge in [0.05, 0.1) is 0 Å². The van der Waals surface area contributed by atoms with E-state index >= 15 is 0 Å². The summed E-state index contributed by atoms with van der Waals surface area (Å²) in [6.07, 6.45) is 4.56. The normalized spacial score (nSPS) is 10.5. The summed E-state index contributed by atoms with van der Waals surface area (Å²) in [6.45, 7) is 6.14. The monoisotopic (exact) mass is 286 g/mol. The van der Waals surface area contributed by atoms with Crippen molar-refractivity contribution < 1.29 is 9.59 Å². The summed E-state index contributed by atoms with van der Waals surface area (Å²) in [4.78, 5) is 21.0. The molecule has 6 N–H and O–H groups in total. The van der Waals surface area contributed by atoms with Crippen molar-refractivity contribution in [3.05, 3.63) is 0 Å². The molecule has 0 aliphatic heterocycles. The van der Waals surface area contributed by atoms with Crippen LogP contribution in [0.2, 0.25) is 0 Å². The first-order valence-electron chi connectivity index (χ1n) is 6.45. The standard InChI is InChI=1S/C7H15N3O.C5H11N3O/c1-6(2)7(11)10-9-5-3-4-8;1-5(9)8-7-4-2-3-6/h5-6H,3-4,8H2,1-2H3,(H,10,11);4H,2-3,6H2,1H3,(H,8,9)/b9-5+;7-4+. The molecule has 0 bridgehead atoms. The number of amides is 2. The number of carbonyl (C=O) groups is 2. The lowest BCUT2D eigenvalue weighted by molar-refractivity contribution is -0.124. The molecule has 20 heavy (non-hydrogen) atoms. The maximum Gasteiger partial charge on any atom is 0.242 e. The molecular formula is C12H26N6O2. The Kier molecular flexibility index (Phi) is 15.7. The fraction of sp³-hybridized carbons (Fsp3) is 0.667. The molecule has 0 aromatic carbocycles. The molecule has 8 nitrogen and oxygen atoms in total. The van der Waals surface area contributed by atoms with Gasteiger partial charge in [-0.1, -0.05) is 13.8 Å². The average Bonchev–Trinajstić information content (AvgIpc) is 2.40. The van der Waals surface area contributed by atoms with Crippen molar-refractivity contribution in [3.63, 3.8) is 0 Å². The van der Waals surface area contributed by atoms with E-state index in [2.05, 4.69) is 21.1 Å². The predicted octanol–water partition coefficient (Wildman–Crippen LogP) is -0.450. The van der Waals surface area contributed by atoms with Gasteiger partial charge in [-0.05, 0) is 25.9 Å². The van der Waals surface area contributed by atoms with E-state index in [4.69, 9.17) is 11.5 Å². The van der Waals surface area contributed by atoms with Crippen LogP contribution in [0.4, 0.5) is 0 Å². The summed E-state index contributed by atoms with van der Waals surface area (Å²) in [7, 11) is 0. The second-order valence-corrected chi connectivity index (χ2v) is 4.08. The predicted molar refractivity (Wildman–Crippen MR) is 81.1 cm³/mol. The van der Waals surface area contributed by atoms with Gasteiger partial charge in [0.1, 0.15) is 0 Å². The van der Waals surface area contributed by atoms with E-state index in [-0.39, 0.29) is 17.7 Å². The van der Waals surface area contributed by atoms with Crippen LogP contribution in [0.3, 0.4) is 0 Å². The van der Waals surface area contributed by atoms with Crippen LogP contribution >= 0.6 is 0 Å². The van der Waals surface area contributed by atoms with Crippen molar-refractivity contribution in [3.8, 4) is 0 Å². The van der Waals surface area contributed by atoms with E-state index < -0.39 is 0 Å². The molecule has 0 aliphatic rings. The Balaban J connectivity index is 0. The first-order chi connectivity index (χ1) is 9.45. The minimum atomic E-state index is -0.164. The molecular weight excluding hydrogens is 260 g/mol. The van der Waals surface area contributed by atoms with Crippen molar-refractivity contribution in [2.75, 3.05) is 13.1 Å². The van der Waals surface area contributed by atoms with Gasteiger partial charge in [0.25, 0.3) is 0 Å². The Bertz CT molecular complexity index is 315. The van der Waals surface area contributed by atoms with Gasteiger partial charge in [0.15, 0.2) is 0 Å². The summed E-state index contributed by atoms with van der Waals surface area (Å²) >= 11 is 0. The Hall–Kier alpha value is -1.80. The third-order valence-corrected chi connectivity index (χ3v) is 1.70. The largest absolute Gasteiger partial charge is 0.330 e. The molecule has 0 rings (SSSR count). The molecule has 0 fully saturated rings. The van der Waals surface area contributed by atoms with Crippen LogP contribution in [0, 0.1) is 5.92 Å². The smallest absolute Gasteiger partial charge is 0.242 e. The highest BCUT2D eigenvalue weighted by atomic mass is 16.2. The number of hydrazone groups is 2. The molecule has 0 heterocycles. The molecule has 0 aromatic rings. The zero-order valence-electron chi connectivity index (χ0n) is 12.4. The van der Waals surface area contributed by atoms with Gasteiger partial charge in [-0.25, -0.2) is 10.9 Å².